The van der Waals surface area contributed by atoms with Gasteiger partial charge >= 0.3 is 0 Å². The van der Waals surface area contributed by atoms with Crippen LogP contribution in [-0.2, 0) is 4.79 Å². The second-order valence-corrected chi connectivity index (χ2v) is 5.60. The molecule has 1 fully saturated rings. The fourth-order valence-electron chi connectivity index (χ4n) is 2.94. The van der Waals surface area contributed by atoms with Crippen LogP contribution < -0.4 is 10.2 Å². The molecule has 1 aliphatic heterocycles. The summed E-state index contributed by atoms with van der Waals surface area (Å²) in [6.07, 6.45) is 1.10. The number of rotatable bonds is 5. The fourth-order valence-corrected chi connectivity index (χ4v) is 2.94. The van der Waals surface area contributed by atoms with E-state index in [9.17, 15) is 4.79 Å². The molecule has 1 N–H and O–H groups in total. The van der Waals surface area contributed by atoms with E-state index in [0.29, 0.717) is 6.04 Å². The zero-order valence-corrected chi connectivity index (χ0v) is 13.4. The summed E-state index contributed by atoms with van der Waals surface area (Å²) in [6, 6.07) is 9.31. The zero-order valence-electron chi connectivity index (χ0n) is 13.4. The Labute approximate surface area is 128 Å². The summed E-state index contributed by atoms with van der Waals surface area (Å²) in [7, 11) is 0. The van der Waals surface area contributed by atoms with Crippen LogP contribution in [0.15, 0.2) is 24.3 Å². The second kappa shape index (κ2) is 7.46. The third-order valence-corrected chi connectivity index (χ3v) is 4.24. The molecule has 1 atom stereocenters. The number of benzene rings is 1. The Hall–Kier alpha value is -1.55. The lowest BCUT2D eigenvalue weighted by molar-refractivity contribution is -0.129. The first-order valence-corrected chi connectivity index (χ1v) is 7.99. The molecule has 21 heavy (non-hydrogen) atoms. The number of anilines is 1. The lowest BCUT2D eigenvalue weighted by Gasteiger charge is -2.35. The van der Waals surface area contributed by atoms with Gasteiger partial charge in [0.15, 0.2) is 0 Å². The Kier molecular flexibility index (Phi) is 5.62. The molecule has 0 aliphatic carbocycles. The molecule has 1 unspecified atom stereocenters. The third kappa shape index (κ3) is 3.97. The number of amides is 1. The molecule has 2 rings (SSSR count). The topological polar surface area (TPSA) is 35.6 Å². The molecule has 1 amide bonds. The maximum absolute atomic E-state index is 11.4. The van der Waals surface area contributed by atoms with Gasteiger partial charge in [0.05, 0.1) is 0 Å². The molecule has 0 radical (unpaired) electrons. The predicted octanol–water partition coefficient (Wildman–Crippen LogP) is 2.42. The van der Waals surface area contributed by atoms with Crippen molar-refractivity contribution in [3.8, 4) is 0 Å². The quantitative estimate of drug-likeness (QED) is 0.904. The average Bonchev–Trinajstić information content (AvgIpc) is 2.53. The van der Waals surface area contributed by atoms with Gasteiger partial charge in [0.1, 0.15) is 0 Å². The average molecular weight is 289 g/mol. The van der Waals surface area contributed by atoms with Crippen molar-refractivity contribution in [1.82, 2.24) is 10.2 Å². The molecular formula is C17H27N3O. The molecule has 4 heteroatoms. The SMILES string of the molecule is CCNC(CC)c1ccc(N2CCN(C(C)=O)CC2)cc1. The lowest BCUT2D eigenvalue weighted by Crippen LogP contribution is -2.48. The van der Waals surface area contributed by atoms with Crippen molar-refractivity contribution in [1.29, 1.82) is 0 Å². The summed E-state index contributed by atoms with van der Waals surface area (Å²) in [5.41, 5.74) is 2.61. The van der Waals surface area contributed by atoms with Gasteiger partial charge in [-0.25, -0.2) is 0 Å². The van der Waals surface area contributed by atoms with Crippen LogP contribution in [0.5, 0.6) is 0 Å². The Balaban J connectivity index is 1.98. The van der Waals surface area contributed by atoms with Crippen LogP contribution in [0.1, 0.15) is 38.8 Å². The van der Waals surface area contributed by atoms with Crippen molar-refractivity contribution >= 4 is 11.6 Å². The van der Waals surface area contributed by atoms with Gasteiger partial charge < -0.3 is 15.1 Å². The molecule has 0 spiro atoms. The highest BCUT2D eigenvalue weighted by atomic mass is 16.2. The number of nitrogens with one attached hydrogen (secondary N) is 1. The van der Waals surface area contributed by atoms with Crippen LogP contribution in [0.4, 0.5) is 5.69 Å². The van der Waals surface area contributed by atoms with Crippen LogP contribution in [0.25, 0.3) is 0 Å². The second-order valence-electron chi connectivity index (χ2n) is 5.60. The minimum Gasteiger partial charge on any atom is -0.368 e. The minimum atomic E-state index is 0.182. The van der Waals surface area contributed by atoms with Crippen molar-refractivity contribution in [3.63, 3.8) is 0 Å². The number of nitrogens with zero attached hydrogens (tertiary/aromatic N) is 2. The number of carbonyl (C=O) groups excluding carboxylic acids is 1. The zero-order chi connectivity index (χ0) is 15.2. The summed E-state index contributed by atoms with van der Waals surface area (Å²) in [4.78, 5) is 15.6. The van der Waals surface area contributed by atoms with E-state index in [-0.39, 0.29) is 5.91 Å². The van der Waals surface area contributed by atoms with E-state index < -0.39 is 0 Å². The molecule has 1 aromatic carbocycles. The van der Waals surface area contributed by atoms with Crippen molar-refractivity contribution in [2.24, 2.45) is 0 Å². The number of hydrogen-bond acceptors (Lipinski definition) is 3. The lowest BCUT2D eigenvalue weighted by atomic mass is 10.0. The van der Waals surface area contributed by atoms with Crippen LogP contribution in [0, 0.1) is 0 Å². The van der Waals surface area contributed by atoms with E-state index >= 15 is 0 Å². The standard InChI is InChI=1S/C17H27N3O/c1-4-17(18-5-2)15-6-8-16(9-7-15)20-12-10-19(11-13-20)14(3)21/h6-9,17-18H,4-5,10-13H2,1-3H3. The van der Waals surface area contributed by atoms with E-state index in [4.69, 9.17) is 0 Å². The number of carbonyl (C=O) groups is 1. The molecule has 116 valence electrons. The molecule has 0 bridgehead atoms. The van der Waals surface area contributed by atoms with E-state index in [0.717, 1.165) is 39.1 Å². The summed E-state index contributed by atoms with van der Waals surface area (Å²) >= 11 is 0. The van der Waals surface area contributed by atoms with Crippen LogP contribution >= 0.6 is 0 Å². The van der Waals surface area contributed by atoms with E-state index in [1.165, 1.54) is 11.3 Å². The first-order valence-electron chi connectivity index (χ1n) is 7.99. The first-order chi connectivity index (χ1) is 10.2. The number of hydrogen-bond donors (Lipinski definition) is 1. The Morgan fingerprint density at radius 1 is 1.14 bits per heavy atom. The van der Waals surface area contributed by atoms with Gasteiger partial charge in [-0.15, -0.1) is 0 Å². The van der Waals surface area contributed by atoms with Gasteiger partial charge in [0, 0.05) is 44.8 Å². The molecule has 4 nitrogen and oxygen atoms in total. The van der Waals surface area contributed by atoms with Gasteiger partial charge in [-0.1, -0.05) is 26.0 Å². The first kappa shape index (κ1) is 15.8. The van der Waals surface area contributed by atoms with Crippen molar-refractivity contribution in [2.75, 3.05) is 37.6 Å². The van der Waals surface area contributed by atoms with Crippen LogP contribution in [0.2, 0.25) is 0 Å². The Morgan fingerprint density at radius 3 is 2.24 bits per heavy atom. The maximum Gasteiger partial charge on any atom is 0.219 e. The third-order valence-electron chi connectivity index (χ3n) is 4.24. The molecule has 1 aliphatic rings. The fraction of sp³-hybridized carbons (Fsp3) is 0.588. The van der Waals surface area contributed by atoms with Crippen LogP contribution in [0.3, 0.4) is 0 Å². The van der Waals surface area contributed by atoms with Gasteiger partial charge in [0.25, 0.3) is 0 Å². The molecule has 1 heterocycles. The van der Waals surface area contributed by atoms with Crippen LogP contribution in [-0.4, -0.2) is 43.5 Å². The highest BCUT2D eigenvalue weighted by molar-refractivity contribution is 5.73. The van der Waals surface area contributed by atoms with Gasteiger partial charge in [-0.2, -0.15) is 0 Å². The molecule has 1 saturated heterocycles. The van der Waals surface area contributed by atoms with Crippen molar-refractivity contribution in [2.45, 2.75) is 33.2 Å². The highest BCUT2D eigenvalue weighted by Crippen LogP contribution is 2.22. The minimum absolute atomic E-state index is 0.182. The van der Waals surface area contributed by atoms with Crippen molar-refractivity contribution < 1.29 is 4.79 Å². The summed E-state index contributed by atoms with van der Waals surface area (Å²) < 4.78 is 0. The molecular weight excluding hydrogens is 262 g/mol. The van der Waals surface area contributed by atoms with Gasteiger partial charge in [0.2, 0.25) is 5.91 Å². The molecule has 0 aromatic heterocycles. The maximum atomic E-state index is 11.4. The molecule has 1 aromatic rings. The summed E-state index contributed by atoms with van der Waals surface area (Å²) in [6.45, 7) is 10.5. The highest BCUT2D eigenvalue weighted by Gasteiger charge is 2.18. The van der Waals surface area contributed by atoms with Crippen molar-refractivity contribution in [3.05, 3.63) is 29.8 Å². The largest absolute Gasteiger partial charge is 0.368 e. The Bertz CT molecular complexity index is 450. The van der Waals surface area contributed by atoms with E-state index in [1.54, 1.807) is 6.92 Å². The summed E-state index contributed by atoms with van der Waals surface area (Å²) in [5.74, 6) is 0.182. The normalized spacial score (nSPS) is 16.9. The molecule has 0 saturated carbocycles. The van der Waals surface area contributed by atoms with Gasteiger partial charge in [-0.3, -0.25) is 4.79 Å². The van der Waals surface area contributed by atoms with Gasteiger partial charge in [-0.05, 0) is 30.7 Å². The van der Waals surface area contributed by atoms with E-state index in [1.807, 2.05) is 4.90 Å². The summed E-state index contributed by atoms with van der Waals surface area (Å²) in [5, 5.41) is 3.51. The van der Waals surface area contributed by atoms with E-state index in [2.05, 4.69) is 48.3 Å². The number of piperazine rings is 1. The monoisotopic (exact) mass is 289 g/mol. The smallest absolute Gasteiger partial charge is 0.219 e. The predicted molar refractivity (Wildman–Crippen MR) is 87.6 cm³/mol. The Morgan fingerprint density at radius 2 is 1.76 bits per heavy atom.